The number of hydrogen-bond donors (Lipinski definition) is 0. The fourth-order valence-electron chi connectivity index (χ4n) is 3.94. The zero-order chi connectivity index (χ0) is 26.4. The van der Waals surface area contributed by atoms with E-state index in [2.05, 4.69) is 4.74 Å². The van der Waals surface area contributed by atoms with Gasteiger partial charge in [-0.05, 0) is 62.6 Å². The molecule has 2 aromatic carbocycles. The third kappa shape index (κ3) is 5.93. The monoisotopic (exact) mass is 543 g/mol. The standard InChI is InChI=1S/C22H20F7NO4S.CH4/c1-20(2,35(32,33)16-5-3-4-15(12-16)34-22(27,28)29)13-8-9-30(19(31)11-13)18-7-6-14(10-17(18)23)21(24,25)26;/h3-7,10,12-13H,8-9,11H2,1-2H3;1H4/t13-;/m0./s1. The van der Waals surface area contributed by atoms with E-state index in [0.717, 1.165) is 35.2 Å². The average molecular weight is 544 g/mol. The molecule has 0 spiro atoms. The largest absolute Gasteiger partial charge is 0.573 e. The lowest BCUT2D eigenvalue weighted by Crippen LogP contribution is -2.48. The van der Waals surface area contributed by atoms with Gasteiger partial charge in [0.1, 0.15) is 11.6 Å². The molecule has 36 heavy (non-hydrogen) atoms. The smallest absolute Gasteiger partial charge is 0.406 e. The van der Waals surface area contributed by atoms with Gasteiger partial charge in [-0.3, -0.25) is 4.79 Å². The summed E-state index contributed by atoms with van der Waals surface area (Å²) in [6.45, 7) is 2.49. The van der Waals surface area contributed by atoms with E-state index in [1.54, 1.807) is 0 Å². The molecule has 200 valence electrons. The first-order chi connectivity index (χ1) is 15.9. The van der Waals surface area contributed by atoms with Crippen LogP contribution in [0.2, 0.25) is 0 Å². The second-order valence-corrected chi connectivity index (χ2v) is 11.1. The van der Waals surface area contributed by atoms with Crippen molar-refractivity contribution in [2.24, 2.45) is 5.92 Å². The van der Waals surface area contributed by atoms with Gasteiger partial charge in [-0.15, -0.1) is 13.2 Å². The van der Waals surface area contributed by atoms with E-state index in [1.165, 1.54) is 13.8 Å². The van der Waals surface area contributed by atoms with E-state index in [4.69, 9.17) is 0 Å². The van der Waals surface area contributed by atoms with Crippen LogP contribution in [-0.2, 0) is 20.8 Å². The Hall–Kier alpha value is -2.83. The number of anilines is 1. The number of ether oxygens (including phenoxy) is 1. The number of piperidine rings is 1. The first kappa shape index (κ1) is 29.4. The average Bonchev–Trinajstić information content (AvgIpc) is 2.72. The molecule has 0 aliphatic carbocycles. The minimum atomic E-state index is -5.02. The topological polar surface area (TPSA) is 63.7 Å². The summed E-state index contributed by atoms with van der Waals surface area (Å²) in [6.07, 6.45) is -10.1. The van der Waals surface area contributed by atoms with Crippen molar-refractivity contribution in [3.05, 3.63) is 53.8 Å². The second kappa shape index (κ2) is 9.91. The number of halogens is 7. The molecular formula is C23H24F7NO4S. The highest BCUT2D eigenvalue weighted by Gasteiger charge is 2.46. The number of sulfone groups is 1. The predicted molar refractivity (Wildman–Crippen MR) is 118 cm³/mol. The van der Waals surface area contributed by atoms with Gasteiger partial charge in [-0.1, -0.05) is 13.5 Å². The summed E-state index contributed by atoms with van der Waals surface area (Å²) < 4.78 is 119. The number of benzene rings is 2. The Labute approximate surface area is 203 Å². The Morgan fingerprint density at radius 2 is 1.64 bits per heavy atom. The van der Waals surface area contributed by atoms with E-state index in [-0.39, 0.29) is 38.6 Å². The lowest BCUT2D eigenvalue weighted by molar-refractivity contribution is -0.274. The summed E-state index contributed by atoms with van der Waals surface area (Å²) in [5.74, 6) is -3.48. The summed E-state index contributed by atoms with van der Waals surface area (Å²) in [5.41, 5.74) is -1.58. The van der Waals surface area contributed by atoms with Crippen molar-refractivity contribution in [2.75, 3.05) is 11.4 Å². The van der Waals surface area contributed by atoms with Gasteiger partial charge in [0, 0.05) is 13.0 Å². The van der Waals surface area contributed by atoms with Crippen molar-refractivity contribution in [1.29, 1.82) is 0 Å². The second-order valence-electron chi connectivity index (χ2n) is 8.53. The third-order valence-corrected chi connectivity index (χ3v) is 8.61. The summed E-state index contributed by atoms with van der Waals surface area (Å²) in [5, 5.41) is 0. The van der Waals surface area contributed by atoms with Gasteiger partial charge in [-0.2, -0.15) is 13.2 Å². The number of amides is 1. The molecular weight excluding hydrogens is 519 g/mol. The molecule has 1 heterocycles. The molecule has 0 radical (unpaired) electrons. The van der Waals surface area contributed by atoms with Crippen LogP contribution in [-0.4, -0.2) is 32.0 Å². The summed E-state index contributed by atoms with van der Waals surface area (Å²) in [4.78, 5) is 13.3. The van der Waals surface area contributed by atoms with Crippen molar-refractivity contribution in [3.63, 3.8) is 0 Å². The number of rotatable bonds is 5. The summed E-state index contributed by atoms with van der Waals surface area (Å²) >= 11 is 0. The highest BCUT2D eigenvalue weighted by atomic mass is 32.2. The van der Waals surface area contributed by atoms with Crippen LogP contribution >= 0.6 is 0 Å². The van der Waals surface area contributed by atoms with Gasteiger partial charge in [0.25, 0.3) is 0 Å². The van der Waals surface area contributed by atoms with E-state index < -0.39 is 61.0 Å². The molecule has 0 saturated carbocycles. The van der Waals surface area contributed by atoms with E-state index in [9.17, 15) is 43.9 Å². The van der Waals surface area contributed by atoms with Crippen molar-refractivity contribution in [2.45, 2.75) is 56.3 Å². The van der Waals surface area contributed by atoms with Gasteiger partial charge in [0.05, 0.1) is 20.9 Å². The lowest BCUT2D eigenvalue weighted by atomic mass is 9.85. The molecule has 13 heteroatoms. The molecule has 1 aliphatic rings. The van der Waals surface area contributed by atoms with Gasteiger partial charge in [-0.25, -0.2) is 12.8 Å². The molecule has 1 aliphatic heterocycles. The van der Waals surface area contributed by atoms with Gasteiger partial charge >= 0.3 is 12.5 Å². The van der Waals surface area contributed by atoms with Crippen molar-refractivity contribution < 1.29 is 48.7 Å². The fraction of sp³-hybridized carbons (Fsp3) is 0.435. The highest BCUT2D eigenvalue weighted by Crippen LogP contribution is 2.41. The molecule has 1 amide bonds. The zero-order valence-electron chi connectivity index (χ0n) is 18.4. The number of carbonyl (C=O) groups is 1. The molecule has 5 nitrogen and oxygen atoms in total. The van der Waals surface area contributed by atoms with Crippen LogP contribution in [0.25, 0.3) is 0 Å². The number of nitrogens with zero attached hydrogens (tertiary/aromatic N) is 1. The SMILES string of the molecule is C.CC(C)([C@H]1CCN(c2ccc(C(F)(F)F)cc2F)C(=O)C1)S(=O)(=O)c1cccc(OC(F)(F)F)c1. The fourth-order valence-corrected chi connectivity index (χ4v) is 5.72. The molecule has 1 fully saturated rings. The van der Waals surface area contributed by atoms with E-state index in [0.29, 0.717) is 6.07 Å². The van der Waals surface area contributed by atoms with Crippen molar-refractivity contribution in [3.8, 4) is 5.75 Å². The molecule has 0 aromatic heterocycles. The quantitative estimate of drug-likeness (QED) is 0.411. The molecule has 1 saturated heterocycles. The molecule has 0 unspecified atom stereocenters. The normalized spacial score (nSPS) is 17.5. The van der Waals surface area contributed by atoms with Crippen LogP contribution in [0, 0.1) is 11.7 Å². The van der Waals surface area contributed by atoms with Crippen LogP contribution in [0.4, 0.5) is 36.4 Å². The predicted octanol–water partition coefficient (Wildman–Crippen LogP) is 6.37. The maximum atomic E-state index is 14.4. The molecule has 0 N–H and O–H groups in total. The minimum Gasteiger partial charge on any atom is -0.406 e. The lowest BCUT2D eigenvalue weighted by Gasteiger charge is -2.39. The number of carbonyl (C=O) groups excluding carboxylic acids is 1. The van der Waals surface area contributed by atoms with Crippen LogP contribution < -0.4 is 9.64 Å². The van der Waals surface area contributed by atoms with E-state index in [1.807, 2.05) is 0 Å². The molecule has 1 atom stereocenters. The minimum absolute atomic E-state index is 0. The van der Waals surface area contributed by atoms with Crippen LogP contribution in [0.1, 0.15) is 39.7 Å². The summed E-state index contributed by atoms with van der Waals surface area (Å²) in [6, 6.07) is 5.63. The first-order valence-electron chi connectivity index (χ1n) is 10.2. The molecule has 3 rings (SSSR count). The van der Waals surface area contributed by atoms with Crippen LogP contribution in [0.15, 0.2) is 47.4 Å². The Balaban J connectivity index is 0.00000456. The van der Waals surface area contributed by atoms with Crippen LogP contribution in [0.5, 0.6) is 5.75 Å². The zero-order valence-corrected chi connectivity index (χ0v) is 19.2. The Bertz CT molecular complexity index is 1220. The number of alkyl halides is 6. The third-order valence-electron chi connectivity index (χ3n) is 6.01. The number of hydrogen-bond acceptors (Lipinski definition) is 4. The van der Waals surface area contributed by atoms with Crippen molar-refractivity contribution >= 4 is 21.4 Å². The van der Waals surface area contributed by atoms with Gasteiger partial charge in [0.15, 0.2) is 9.84 Å². The highest BCUT2D eigenvalue weighted by molar-refractivity contribution is 7.92. The Morgan fingerprint density at radius 1 is 1.00 bits per heavy atom. The maximum absolute atomic E-state index is 14.4. The maximum Gasteiger partial charge on any atom is 0.573 e. The first-order valence-corrected chi connectivity index (χ1v) is 11.7. The molecule has 2 aromatic rings. The Morgan fingerprint density at radius 3 is 2.17 bits per heavy atom. The Kier molecular flexibility index (Phi) is 8.09. The molecule has 0 bridgehead atoms. The van der Waals surface area contributed by atoms with Crippen molar-refractivity contribution in [1.82, 2.24) is 0 Å². The van der Waals surface area contributed by atoms with Gasteiger partial charge in [0.2, 0.25) is 5.91 Å². The van der Waals surface area contributed by atoms with E-state index >= 15 is 0 Å². The summed E-state index contributed by atoms with van der Waals surface area (Å²) in [7, 11) is -4.27. The van der Waals surface area contributed by atoms with Crippen LogP contribution in [0.3, 0.4) is 0 Å². The van der Waals surface area contributed by atoms with Gasteiger partial charge < -0.3 is 9.64 Å².